The molecule has 0 fully saturated rings. The molecule has 7 nitrogen and oxygen atoms in total. The molecule has 0 saturated heterocycles. The molecule has 0 aliphatic rings. The molecule has 1 aromatic heterocycles. The van der Waals surface area contributed by atoms with Crippen molar-refractivity contribution in [2.24, 2.45) is 7.05 Å². The third kappa shape index (κ3) is 3.63. The maximum Gasteiger partial charge on any atom is 0.258 e. The summed E-state index contributed by atoms with van der Waals surface area (Å²) in [6.45, 7) is 0. The van der Waals surface area contributed by atoms with Crippen LogP contribution in [0.1, 0.15) is 5.56 Å². The normalized spacial score (nSPS) is 10.8. The van der Waals surface area contributed by atoms with Gasteiger partial charge in [0.15, 0.2) is 0 Å². The van der Waals surface area contributed by atoms with Gasteiger partial charge in [0.05, 0.1) is 30.0 Å². The van der Waals surface area contributed by atoms with Crippen molar-refractivity contribution in [1.82, 2.24) is 4.57 Å². The number of methoxy groups -OCH3 is 1. The second-order valence-corrected chi connectivity index (χ2v) is 7.08. The molecule has 0 aliphatic carbocycles. The molecule has 3 rings (SSSR count). The number of nitrogens with zero attached hydrogens (tertiary/aromatic N) is 3. The van der Waals surface area contributed by atoms with Crippen LogP contribution < -0.4 is 20.1 Å². The van der Waals surface area contributed by atoms with Gasteiger partial charge in [0.1, 0.15) is 11.5 Å². The van der Waals surface area contributed by atoms with E-state index in [9.17, 15) is 14.7 Å². The van der Waals surface area contributed by atoms with E-state index in [0.717, 1.165) is 5.69 Å². The van der Waals surface area contributed by atoms with Gasteiger partial charge in [-0.15, -0.1) is 0 Å². The Hall–Kier alpha value is -3.48. The number of aromatic hydroxyl groups is 1. The fourth-order valence-corrected chi connectivity index (χ4v) is 3.37. The maximum atomic E-state index is 12.9. The van der Waals surface area contributed by atoms with Crippen LogP contribution in [0.2, 0.25) is 0 Å². The molecule has 0 unspecified atom stereocenters. The summed E-state index contributed by atoms with van der Waals surface area (Å²) in [6.07, 6.45) is -0.210. The van der Waals surface area contributed by atoms with Crippen molar-refractivity contribution in [3.63, 3.8) is 0 Å². The Morgan fingerprint density at radius 2 is 1.76 bits per heavy atom. The summed E-state index contributed by atoms with van der Waals surface area (Å²) < 4.78 is 6.61. The summed E-state index contributed by atoms with van der Waals surface area (Å²) in [5, 5.41) is 11.5. The Bertz CT molecular complexity index is 1120. The molecule has 0 radical (unpaired) electrons. The number of aryl methyl sites for hydroxylation is 1. The Morgan fingerprint density at radius 1 is 1.10 bits per heavy atom. The van der Waals surface area contributed by atoms with E-state index in [2.05, 4.69) is 0 Å². The number of carbonyl (C=O) groups is 1. The highest BCUT2D eigenvalue weighted by molar-refractivity contribution is 6.00. The van der Waals surface area contributed by atoms with Crippen LogP contribution in [0.15, 0.2) is 47.3 Å². The number of likely N-dealkylation sites (N-methyl/N-ethyl adjacent to an activating group) is 1. The summed E-state index contributed by atoms with van der Waals surface area (Å²) in [5.41, 5.74) is 1.75. The number of anilines is 2. The number of amides is 1. The number of hydrogen-bond donors (Lipinski definition) is 1. The molecule has 0 saturated carbocycles. The van der Waals surface area contributed by atoms with E-state index in [1.54, 1.807) is 51.5 Å². The minimum Gasteiger partial charge on any atom is -0.507 e. The minimum absolute atomic E-state index is 0.0830. The third-order valence-electron chi connectivity index (χ3n) is 5.11. The summed E-state index contributed by atoms with van der Waals surface area (Å²) in [5.74, 6) is 0.236. The molecule has 7 heteroatoms. The van der Waals surface area contributed by atoms with Gasteiger partial charge in [0.25, 0.3) is 5.56 Å². The third-order valence-corrected chi connectivity index (χ3v) is 5.11. The Morgan fingerprint density at radius 3 is 2.34 bits per heavy atom. The fourth-order valence-electron chi connectivity index (χ4n) is 3.37. The lowest BCUT2D eigenvalue weighted by Gasteiger charge is -2.21. The SMILES string of the molecule is COc1ccc(N(C)C(=O)Cc2c(O)c3c(N(C)C)cccc3n(C)c2=O)cc1. The minimum atomic E-state index is -0.387. The molecule has 2 aromatic carbocycles. The number of hydrogen-bond acceptors (Lipinski definition) is 5. The molecular weight excluding hydrogens is 370 g/mol. The number of ether oxygens (including phenoxy) is 1. The van der Waals surface area contributed by atoms with Crippen molar-refractivity contribution in [3.05, 3.63) is 58.4 Å². The van der Waals surface area contributed by atoms with Crippen LogP contribution in [0.3, 0.4) is 0 Å². The summed E-state index contributed by atoms with van der Waals surface area (Å²) in [6, 6.07) is 12.5. The second kappa shape index (κ2) is 7.87. The molecule has 152 valence electrons. The van der Waals surface area contributed by atoms with E-state index in [4.69, 9.17) is 4.74 Å². The molecule has 0 spiro atoms. The predicted molar refractivity (Wildman–Crippen MR) is 115 cm³/mol. The molecule has 0 atom stereocenters. The fraction of sp³-hybridized carbons (Fsp3) is 0.273. The van der Waals surface area contributed by atoms with Gasteiger partial charge < -0.3 is 24.2 Å². The van der Waals surface area contributed by atoms with Crippen molar-refractivity contribution in [2.45, 2.75) is 6.42 Å². The molecule has 0 bridgehead atoms. The lowest BCUT2D eigenvalue weighted by Crippen LogP contribution is -2.31. The molecule has 29 heavy (non-hydrogen) atoms. The summed E-state index contributed by atoms with van der Waals surface area (Å²) in [4.78, 5) is 29.0. The lowest BCUT2D eigenvalue weighted by molar-refractivity contribution is -0.117. The molecular formula is C22H25N3O4. The number of rotatable bonds is 5. The zero-order valence-corrected chi connectivity index (χ0v) is 17.3. The van der Waals surface area contributed by atoms with Crippen molar-refractivity contribution < 1.29 is 14.6 Å². The van der Waals surface area contributed by atoms with Gasteiger partial charge in [-0.3, -0.25) is 9.59 Å². The summed E-state index contributed by atoms with van der Waals surface area (Å²) >= 11 is 0. The van der Waals surface area contributed by atoms with Crippen LogP contribution in [0, 0.1) is 0 Å². The number of aromatic nitrogens is 1. The van der Waals surface area contributed by atoms with Gasteiger partial charge in [0, 0.05) is 39.6 Å². The largest absolute Gasteiger partial charge is 0.507 e. The van der Waals surface area contributed by atoms with E-state index in [0.29, 0.717) is 22.3 Å². The van der Waals surface area contributed by atoms with Crippen LogP contribution in [-0.4, -0.2) is 43.8 Å². The highest BCUT2D eigenvalue weighted by Gasteiger charge is 2.22. The van der Waals surface area contributed by atoms with E-state index in [1.807, 2.05) is 31.1 Å². The molecule has 1 heterocycles. The maximum absolute atomic E-state index is 12.9. The number of benzene rings is 2. The zero-order valence-electron chi connectivity index (χ0n) is 17.3. The number of pyridine rings is 1. The average molecular weight is 395 g/mol. The average Bonchev–Trinajstić information content (AvgIpc) is 2.73. The van der Waals surface area contributed by atoms with Crippen LogP contribution in [-0.2, 0) is 18.3 Å². The van der Waals surface area contributed by atoms with Crippen molar-refractivity contribution in [3.8, 4) is 11.5 Å². The first-order chi connectivity index (χ1) is 13.8. The van der Waals surface area contributed by atoms with E-state index < -0.39 is 0 Å². The van der Waals surface area contributed by atoms with Gasteiger partial charge >= 0.3 is 0 Å². The quantitative estimate of drug-likeness (QED) is 0.719. The van der Waals surface area contributed by atoms with Gasteiger partial charge in [-0.1, -0.05) is 6.07 Å². The smallest absolute Gasteiger partial charge is 0.258 e. The summed E-state index contributed by atoms with van der Waals surface area (Å²) in [7, 11) is 8.58. The van der Waals surface area contributed by atoms with Crippen LogP contribution in [0.4, 0.5) is 11.4 Å². The number of carbonyl (C=O) groups excluding carboxylic acids is 1. The first kappa shape index (κ1) is 20.3. The van der Waals surface area contributed by atoms with Gasteiger partial charge in [-0.2, -0.15) is 0 Å². The van der Waals surface area contributed by atoms with Crippen LogP contribution in [0.25, 0.3) is 10.9 Å². The lowest BCUT2D eigenvalue weighted by atomic mass is 10.0. The Labute approximate surface area is 169 Å². The van der Waals surface area contributed by atoms with E-state index in [1.165, 1.54) is 9.47 Å². The zero-order chi connectivity index (χ0) is 21.3. The molecule has 0 aliphatic heterocycles. The van der Waals surface area contributed by atoms with Crippen LogP contribution >= 0.6 is 0 Å². The van der Waals surface area contributed by atoms with E-state index in [-0.39, 0.29) is 29.2 Å². The highest BCUT2D eigenvalue weighted by atomic mass is 16.5. The molecule has 1 N–H and O–H groups in total. The topological polar surface area (TPSA) is 75.0 Å². The Balaban J connectivity index is 2.04. The number of fused-ring (bicyclic) bond motifs is 1. The van der Waals surface area contributed by atoms with E-state index >= 15 is 0 Å². The van der Waals surface area contributed by atoms with Gasteiger partial charge in [0.2, 0.25) is 5.91 Å². The van der Waals surface area contributed by atoms with Crippen molar-refractivity contribution in [1.29, 1.82) is 0 Å². The second-order valence-electron chi connectivity index (χ2n) is 7.08. The standard InChI is InChI=1S/C22H25N3O4/c1-23(2)17-7-6-8-18-20(17)21(27)16(22(28)25(18)4)13-19(26)24(3)14-9-11-15(29-5)12-10-14/h6-12,27H,13H2,1-5H3. The Kier molecular flexibility index (Phi) is 5.50. The molecule has 1 amide bonds. The first-order valence-corrected chi connectivity index (χ1v) is 9.17. The van der Waals surface area contributed by atoms with Crippen molar-refractivity contribution in [2.75, 3.05) is 38.1 Å². The monoisotopic (exact) mass is 395 g/mol. The molecule has 3 aromatic rings. The predicted octanol–water partition coefficient (Wildman–Crippen LogP) is 2.52. The van der Waals surface area contributed by atoms with Gasteiger partial charge in [-0.05, 0) is 36.4 Å². The highest BCUT2D eigenvalue weighted by Crippen LogP contribution is 2.34. The first-order valence-electron chi connectivity index (χ1n) is 9.17. The van der Waals surface area contributed by atoms with Crippen molar-refractivity contribution >= 4 is 28.2 Å². The van der Waals surface area contributed by atoms with Crippen LogP contribution in [0.5, 0.6) is 11.5 Å². The van der Waals surface area contributed by atoms with Gasteiger partial charge in [-0.25, -0.2) is 0 Å².